The van der Waals surface area contributed by atoms with Crippen molar-refractivity contribution in [2.24, 2.45) is 5.73 Å². The SMILES string of the molecule is Cl.Cl.NC(CC(=O)NC1CCN2CCCCC12)c1ccccc1. The molecule has 0 bridgehead atoms. The van der Waals surface area contributed by atoms with Crippen LogP contribution in [0, 0.1) is 0 Å². The first-order chi connectivity index (χ1) is 10.2. The fourth-order valence-electron chi connectivity index (χ4n) is 3.70. The second-order valence-corrected chi connectivity index (χ2v) is 6.28. The Morgan fingerprint density at radius 3 is 2.65 bits per heavy atom. The zero-order chi connectivity index (χ0) is 14.7. The summed E-state index contributed by atoms with van der Waals surface area (Å²) in [6.45, 7) is 2.32. The molecule has 1 aromatic rings. The Labute approximate surface area is 151 Å². The minimum atomic E-state index is -0.213. The lowest BCUT2D eigenvalue weighted by atomic mass is 9.98. The molecule has 3 unspecified atom stereocenters. The highest BCUT2D eigenvalue weighted by molar-refractivity contribution is 5.85. The summed E-state index contributed by atoms with van der Waals surface area (Å²) in [6, 6.07) is 10.5. The molecule has 1 amide bonds. The number of carbonyl (C=O) groups excluding carboxylic acids is 1. The number of halogens is 2. The summed E-state index contributed by atoms with van der Waals surface area (Å²) >= 11 is 0. The van der Waals surface area contributed by atoms with Gasteiger partial charge in [-0.15, -0.1) is 24.8 Å². The van der Waals surface area contributed by atoms with E-state index in [0.29, 0.717) is 18.5 Å². The number of nitrogens with one attached hydrogen (secondary N) is 1. The summed E-state index contributed by atoms with van der Waals surface area (Å²) in [4.78, 5) is 14.8. The lowest BCUT2D eigenvalue weighted by Gasteiger charge is -2.32. The number of carbonyl (C=O) groups is 1. The minimum absolute atomic E-state index is 0. The molecule has 3 rings (SSSR count). The lowest BCUT2D eigenvalue weighted by Crippen LogP contribution is -2.47. The van der Waals surface area contributed by atoms with Crippen molar-refractivity contribution < 1.29 is 4.79 Å². The molecule has 2 heterocycles. The quantitative estimate of drug-likeness (QED) is 0.868. The van der Waals surface area contributed by atoms with Crippen LogP contribution in [0.15, 0.2) is 30.3 Å². The number of hydrogen-bond acceptors (Lipinski definition) is 3. The third kappa shape index (κ3) is 5.08. The summed E-state index contributed by atoms with van der Waals surface area (Å²) in [7, 11) is 0. The number of benzene rings is 1. The maximum atomic E-state index is 12.2. The Morgan fingerprint density at radius 2 is 1.91 bits per heavy atom. The molecule has 3 atom stereocenters. The summed E-state index contributed by atoms with van der Waals surface area (Å²) in [5.41, 5.74) is 7.16. The lowest BCUT2D eigenvalue weighted by molar-refractivity contribution is -0.122. The van der Waals surface area contributed by atoms with Gasteiger partial charge >= 0.3 is 0 Å². The van der Waals surface area contributed by atoms with Gasteiger partial charge < -0.3 is 11.1 Å². The van der Waals surface area contributed by atoms with Gasteiger partial charge in [0.15, 0.2) is 0 Å². The number of piperidine rings is 1. The number of hydrogen-bond donors (Lipinski definition) is 2. The molecule has 2 fully saturated rings. The van der Waals surface area contributed by atoms with E-state index in [9.17, 15) is 4.79 Å². The molecule has 0 radical (unpaired) electrons. The van der Waals surface area contributed by atoms with Gasteiger partial charge in [0.1, 0.15) is 0 Å². The highest BCUT2D eigenvalue weighted by Crippen LogP contribution is 2.27. The van der Waals surface area contributed by atoms with Crippen LogP contribution in [0.5, 0.6) is 0 Å². The average Bonchev–Trinajstić information content (AvgIpc) is 2.91. The molecule has 2 saturated heterocycles. The molecule has 0 saturated carbocycles. The van der Waals surface area contributed by atoms with Gasteiger partial charge in [0.2, 0.25) is 5.91 Å². The second-order valence-electron chi connectivity index (χ2n) is 6.28. The summed E-state index contributed by atoms with van der Waals surface area (Å²) in [6.07, 6.45) is 5.26. The highest BCUT2D eigenvalue weighted by Gasteiger charge is 2.36. The Morgan fingerprint density at radius 1 is 1.17 bits per heavy atom. The maximum Gasteiger partial charge on any atom is 0.222 e. The van der Waals surface area contributed by atoms with Gasteiger partial charge in [-0.05, 0) is 31.4 Å². The molecule has 1 aromatic carbocycles. The van der Waals surface area contributed by atoms with Crippen LogP contribution >= 0.6 is 24.8 Å². The number of amides is 1. The van der Waals surface area contributed by atoms with E-state index < -0.39 is 0 Å². The molecule has 0 spiro atoms. The van der Waals surface area contributed by atoms with E-state index in [0.717, 1.165) is 18.5 Å². The molecule has 2 aliphatic heterocycles. The van der Waals surface area contributed by atoms with E-state index in [2.05, 4.69) is 10.2 Å². The summed E-state index contributed by atoms with van der Waals surface area (Å²) in [5.74, 6) is 0.0868. The number of nitrogens with zero attached hydrogens (tertiary/aromatic N) is 1. The largest absolute Gasteiger partial charge is 0.352 e. The van der Waals surface area contributed by atoms with Crippen LogP contribution in [0.2, 0.25) is 0 Å². The first kappa shape index (κ1) is 20.2. The predicted octanol–water partition coefficient (Wildman–Crippen LogP) is 2.66. The van der Waals surface area contributed by atoms with Crippen molar-refractivity contribution in [1.29, 1.82) is 0 Å². The molecule has 6 heteroatoms. The third-order valence-electron chi connectivity index (χ3n) is 4.84. The Balaban J connectivity index is 0.00000132. The number of fused-ring (bicyclic) bond motifs is 1. The average molecular weight is 360 g/mol. The van der Waals surface area contributed by atoms with Crippen LogP contribution in [-0.4, -0.2) is 36.0 Å². The highest BCUT2D eigenvalue weighted by atomic mass is 35.5. The fourth-order valence-corrected chi connectivity index (χ4v) is 3.70. The van der Waals surface area contributed by atoms with Gasteiger partial charge in [0, 0.05) is 31.1 Å². The first-order valence-corrected chi connectivity index (χ1v) is 8.08. The van der Waals surface area contributed by atoms with Crippen molar-refractivity contribution in [1.82, 2.24) is 10.2 Å². The standard InChI is InChI=1S/C17H25N3O.2ClH/c18-14(13-6-2-1-3-7-13)12-17(21)19-15-9-11-20-10-5-4-8-16(15)20;;/h1-3,6-7,14-16H,4-5,8-12,18H2,(H,19,21);2*1H. The normalized spacial score (nSPS) is 24.7. The Kier molecular flexibility index (Phi) is 8.34. The van der Waals surface area contributed by atoms with Crippen molar-refractivity contribution >= 4 is 30.7 Å². The van der Waals surface area contributed by atoms with E-state index in [1.807, 2.05) is 30.3 Å². The number of rotatable bonds is 4. The Bertz CT molecular complexity index is 486. The zero-order valence-corrected chi connectivity index (χ0v) is 15.0. The minimum Gasteiger partial charge on any atom is -0.352 e. The molecule has 2 aliphatic rings. The molecule has 4 nitrogen and oxygen atoms in total. The van der Waals surface area contributed by atoms with Gasteiger partial charge in [-0.2, -0.15) is 0 Å². The van der Waals surface area contributed by atoms with Crippen LogP contribution in [0.4, 0.5) is 0 Å². The number of nitrogens with two attached hydrogens (primary N) is 1. The van der Waals surface area contributed by atoms with Crippen LogP contribution in [0.1, 0.15) is 43.7 Å². The van der Waals surface area contributed by atoms with E-state index in [-0.39, 0.29) is 36.8 Å². The monoisotopic (exact) mass is 359 g/mol. The predicted molar refractivity (Wildman–Crippen MR) is 98.2 cm³/mol. The van der Waals surface area contributed by atoms with Gasteiger partial charge in [-0.3, -0.25) is 9.69 Å². The third-order valence-corrected chi connectivity index (χ3v) is 4.84. The second kappa shape index (κ2) is 9.48. The molecule has 23 heavy (non-hydrogen) atoms. The van der Waals surface area contributed by atoms with Gasteiger partial charge in [0.25, 0.3) is 0 Å². The van der Waals surface area contributed by atoms with Crippen LogP contribution in [0.3, 0.4) is 0 Å². The van der Waals surface area contributed by atoms with E-state index in [4.69, 9.17) is 5.73 Å². The van der Waals surface area contributed by atoms with Crippen LogP contribution in [-0.2, 0) is 4.79 Å². The maximum absolute atomic E-state index is 12.2. The first-order valence-electron chi connectivity index (χ1n) is 8.08. The molecule has 0 aromatic heterocycles. The smallest absolute Gasteiger partial charge is 0.222 e. The summed E-state index contributed by atoms with van der Waals surface area (Å²) < 4.78 is 0. The van der Waals surface area contributed by atoms with Crippen LogP contribution < -0.4 is 11.1 Å². The van der Waals surface area contributed by atoms with Crippen LogP contribution in [0.25, 0.3) is 0 Å². The van der Waals surface area contributed by atoms with Crippen molar-refractivity contribution in [2.75, 3.05) is 13.1 Å². The van der Waals surface area contributed by atoms with Gasteiger partial charge in [0.05, 0.1) is 0 Å². The molecule has 130 valence electrons. The molecular weight excluding hydrogens is 333 g/mol. The summed E-state index contributed by atoms with van der Waals surface area (Å²) in [5, 5.41) is 3.22. The fraction of sp³-hybridized carbons (Fsp3) is 0.588. The van der Waals surface area contributed by atoms with E-state index in [1.165, 1.54) is 25.8 Å². The van der Waals surface area contributed by atoms with Crippen molar-refractivity contribution in [3.8, 4) is 0 Å². The van der Waals surface area contributed by atoms with Crippen molar-refractivity contribution in [3.05, 3.63) is 35.9 Å². The van der Waals surface area contributed by atoms with Crippen molar-refractivity contribution in [2.45, 2.75) is 50.2 Å². The Hall–Kier alpha value is -0.810. The van der Waals surface area contributed by atoms with E-state index >= 15 is 0 Å². The molecule has 0 aliphatic carbocycles. The van der Waals surface area contributed by atoms with Gasteiger partial charge in [-0.25, -0.2) is 0 Å². The molecule has 3 N–H and O–H groups in total. The molecular formula is C17H27Cl2N3O. The van der Waals surface area contributed by atoms with Crippen molar-refractivity contribution in [3.63, 3.8) is 0 Å². The topological polar surface area (TPSA) is 58.4 Å². The zero-order valence-electron chi connectivity index (χ0n) is 13.3. The van der Waals surface area contributed by atoms with E-state index in [1.54, 1.807) is 0 Å². The van der Waals surface area contributed by atoms with Gasteiger partial charge in [-0.1, -0.05) is 36.8 Å².